The normalized spacial score (nSPS) is 11.6. The molecule has 0 saturated carbocycles. The van der Waals surface area contributed by atoms with Gasteiger partial charge in [-0.25, -0.2) is 4.39 Å². The molecule has 2 aromatic rings. The number of halogens is 2. The van der Waals surface area contributed by atoms with Crippen molar-refractivity contribution in [1.82, 2.24) is 10.2 Å². The van der Waals surface area contributed by atoms with E-state index in [1.54, 1.807) is 44.2 Å². The van der Waals surface area contributed by atoms with Crippen LogP contribution < -0.4 is 10.1 Å². The van der Waals surface area contributed by atoms with Crippen LogP contribution in [0.5, 0.6) is 5.75 Å². The first kappa shape index (κ1) is 20.7. The van der Waals surface area contributed by atoms with Gasteiger partial charge >= 0.3 is 0 Å². The lowest BCUT2D eigenvalue weighted by molar-refractivity contribution is -0.142. The zero-order chi connectivity index (χ0) is 19.8. The Bertz CT molecular complexity index is 800. The van der Waals surface area contributed by atoms with Gasteiger partial charge in [0.1, 0.15) is 6.04 Å². The van der Waals surface area contributed by atoms with Gasteiger partial charge in [0.25, 0.3) is 5.91 Å². The summed E-state index contributed by atoms with van der Waals surface area (Å²) in [5, 5.41) is 3.19. The summed E-state index contributed by atoms with van der Waals surface area (Å²) in [7, 11) is 0. The van der Waals surface area contributed by atoms with Gasteiger partial charge in [0.2, 0.25) is 5.91 Å². The zero-order valence-electron chi connectivity index (χ0n) is 15.2. The predicted molar refractivity (Wildman–Crippen MR) is 102 cm³/mol. The highest BCUT2D eigenvalue weighted by Crippen LogP contribution is 2.20. The highest BCUT2D eigenvalue weighted by Gasteiger charge is 2.26. The molecule has 1 unspecified atom stereocenters. The van der Waals surface area contributed by atoms with Crippen molar-refractivity contribution >= 4 is 23.4 Å². The second kappa shape index (κ2) is 9.92. The predicted octanol–water partition coefficient (Wildman–Crippen LogP) is 3.41. The summed E-state index contributed by atoms with van der Waals surface area (Å²) in [6.07, 6.45) is 0. The molecule has 2 amide bonds. The molecule has 2 aromatic carbocycles. The number of benzene rings is 2. The zero-order valence-corrected chi connectivity index (χ0v) is 16.0. The number of nitrogens with one attached hydrogen (secondary N) is 1. The molecular formula is C20H22ClFN2O3. The molecule has 1 N–H and O–H groups in total. The maximum atomic E-state index is 13.7. The van der Waals surface area contributed by atoms with Crippen LogP contribution >= 0.6 is 11.6 Å². The van der Waals surface area contributed by atoms with Crippen molar-refractivity contribution in [2.24, 2.45) is 0 Å². The lowest BCUT2D eigenvalue weighted by Gasteiger charge is -2.29. The molecule has 0 bridgehead atoms. The summed E-state index contributed by atoms with van der Waals surface area (Å²) >= 11 is 6.19. The van der Waals surface area contributed by atoms with Gasteiger partial charge in [0, 0.05) is 18.1 Å². The van der Waals surface area contributed by atoms with E-state index < -0.39 is 24.4 Å². The number of para-hydroxylation sites is 1. The number of carbonyl (C=O) groups excluding carboxylic acids is 2. The van der Waals surface area contributed by atoms with Crippen LogP contribution in [0.15, 0.2) is 48.5 Å². The largest absolute Gasteiger partial charge is 0.481 e. The Labute approximate surface area is 163 Å². The Morgan fingerprint density at radius 1 is 1.19 bits per heavy atom. The maximum Gasteiger partial charge on any atom is 0.261 e. The van der Waals surface area contributed by atoms with E-state index in [4.69, 9.17) is 16.3 Å². The molecule has 0 aliphatic rings. The lowest BCUT2D eigenvalue weighted by Crippen LogP contribution is -2.49. The number of likely N-dealkylation sites (N-methyl/N-ethyl adjacent to an activating group) is 1. The lowest BCUT2D eigenvalue weighted by atomic mass is 10.1. The first-order chi connectivity index (χ1) is 12.9. The first-order valence-electron chi connectivity index (χ1n) is 8.62. The summed E-state index contributed by atoms with van der Waals surface area (Å²) in [6.45, 7) is 3.62. The highest BCUT2D eigenvalue weighted by molar-refractivity contribution is 6.31. The van der Waals surface area contributed by atoms with Gasteiger partial charge < -0.3 is 15.0 Å². The van der Waals surface area contributed by atoms with Crippen LogP contribution in [0, 0.1) is 5.82 Å². The molecule has 7 heteroatoms. The standard InChI is InChI=1S/C20H22ClFN2O3/c1-3-23-20(26)14(2)24(12-15-8-4-5-9-16(15)21)19(25)13-27-18-11-7-6-10-17(18)22/h4-11,14H,3,12-13H2,1-2H3,(H,23,26). The van der Waals surface area contributed by atoms with E-state index in [0.717, 1.165) is 0 Å². The SMILES string of the molecule is CCNC(=O)C(C)N(Cc1ccccc1Cl)C(=O)COc1ccccc1F. The number of hydrogen-bond acceptors (Lipinski definition) is 3. The number of amides is 2. The second-order valence-corrected chi connectivity index (χ2v) is 6.31. The molecule has 27 heavy (non-hydrogen) atoms. The Morgan fingerprint density at radius 2 is 1.85 bits per heavy atom. The quantitative estimate of drug-likeness (QED) is 0.749. The van der Waals surface area contributed by atoms with E-state index in [2.05, 4.69) is 5.32 Å². The van der Waals surface area contributed by atoms with Crippen LogP contribution in [0.4, 0.5) is 4.39 Å². The number of rotatable bonds is 8. The van der Waals surface area contributed by atoms with Crippen LogP contribution in [0.3, 0.4) is 0 Å². The molecule has 2 rings (SSSR count). The number of ether oxygens (including phenoxy) is 1. The van der Waals surface area contributed by atoms with E-state index in [-0.39, 0.29) is 18.2 Å². The molecule has 0 fully saturated rings. The van der Waals surface area contributed by atoms with Crippen LogP contribution in [0.2, 0.25) is 5.02 Å². The molecule has 0 radical (unpaired) electrons. The average molecular weight is 393 g/mol. The van der Waals surface area contributed by atoms with Crippen molar-refractivity contribution in [2.75, 3.05) is 13.2 Å². The fourth-order valence-electron chi connectivity index (χ4n) is 2.50. The number of carbonyl (C=O) groups is 2. The van der Waals surface area contributed by atoms with Crippen molar-refractivity contribution in [2.45, 2.75) is 26.4 Å². The van der Waals surface area contributed by atoms with Crippen molar-refractivity contribution < 1.29 is 18.7 Å². The second-order valence-electron chi connectivity index (χ2n) is 5.90. The summed E-state index contributed by atoms with van der Waals surface area (Å²) in [5.41, 5.74) is 0.703. The molecule has 0 heterocycles. The summed E-state index contributed by atoms with van der Waals surface area (Å²) in [6, 6.07) is 12.2. The number of hydrogen-bond donors (Lipinski definition) is 1. The van der Waals surface area contributed by atoms with E-state index >= 15 is 0 Å². The highest BCUT2D eigenvalue weighted by atomic mass is 35.5. The van der Waals surface area contributed by atoms with Crippen LogP contribution in [0.25, 0.3) is 0 Å². The van der Waals surface area contributed by atoms with Gasteiger partial charge in [0.05, 0.1) is 0 Å². The molecule has 0 aromatic heterocycles. The van der Waals surface area contributed by atoms with Gasteiger partial charge in [0.15, 0.2) is 18.2 Å². The monoisotopic (exact) mass is 392 g/mol. The molecular weight excluding hydrogens is 371 g/mol. The minimum atomic E-state index is -0.738. The van der Waals surface area contributed by atoms with Crippen molar-refractivity contribution in [3.8, 4) is 5.75 Å². The third-order valence-electron chi connectivity index (χ3n) is 4.00. The summed E-state index contributed by atoms with van der Waals surface area (Å²) in [4.78, 5) is 26.4. The van der Waals surface area contributed by atoms with Gasteiger partial charge in [-0.1, -0.05) is 41.9 Å². The molecule has 144 valence electrons. The smallest absolute Gasteiger partial charge is 0.261 e. The van der Waals surface area contributed by atoms with Crippen molar-refractivity contribution in [3.05, 3.63) is 64.9 Å². The van der Waals surface area contributed by atoms with Gasteiger partial charge in [-0.3, -0.25) is 9.59 Å². The Morgan fingerprint density at radius 3 is 2.52 bits per heavy atom. The van der Waals surface area contributed by atoms with E-state index in [9.17, 15) is 14.0 Å². The minimum absolute atomic E-state index is 0.0193. The van der Waals surface area contributed by atoms with Gasteiger partial charge in [-0.05, 0) is 37.6 Å². The molecule has 1 atom stereocenters. The number of nitrogens with zero attached hydrogens (tertiary/aromatic N) is 1. The first-order valence-corrected chi connectivity index (χ1v) is 8.99. The molecule has 0 spiro atoms. The molecule has 5 nitrogen and oxygen atoms in total. The topological polar surface area (TPSA) is 58.6 Å². The molecule has 0 saturated heterocycles. The van der Waals surface area contributed by atoms with Gasteiger partial charge in [-0.2, -0.15) is 0 Å². The maximum absolute atomic E-state index is 13.7. The summed E-state index contributed by atoms with van der Waals surface area (Å²) < 4.78 is 19.0. The fourth-order valence-corrected chi connectivity index (χ4v) is 2.69. The van der Waals surface area contributed by atoms with Crippen molar-refractivity contribution in [1.29, 1.82) is 0 Å². The van der Waals surface area contributed by atoms with Gasteiger partial charge in [-0.15, -0.1) is 0 Å². The Kier molecular flexibility index (Phi) is 7.61. The van der Waals surface area contributed by atoms with Crippen molar-refractivity contribution in [3.63, 3.8) is 0 Å². The molecule has 0 aliphatic heterocycles. The Balaban J connectivity index is 2.17. The van der Waals surface area contributed by atoms with Crippen LogP contribution in [-0.4, -0.2) is 35.9 Å². The third kappa shape index (κ3) is 5.69. The average Bonchev–Trinajstić information content (AvgIpc) is 2.66. The van der Waals surface area contributed by atoms with E-state index in [1.165, 1.54) is 23.1 Å². The van der Waals surface area contributed by atoms with E-state index in [0.29, 0.717) is 17.1 Å². The fraction of sp³-hybridized carbons (Fsp3) is 0.300. The Hall–Kier alpha value is -2.60. The van der Waals surface area contributed by atoms with E-state index in [1.807, 2.05) is 0 Å². The third-order valence-corrected chi connectivity index (χ3v) is 4.37. The summed E-state index contributed by atoms with van der Waals surface area (Å²) in [5.74, 6) is -1.31. The van der Waals surface area contributed by atoms with Crippen LogP contribution in [-0.2, 0) is 16.1 Å². The van der Waals surface area contributed by atoms with Crippen LogP contribution in [0.1, 0.15) is 19.4 Å². The minimum Gasteiger partial charge on any atom is -0.481 e. The molecule has 0 aliphatic carbocycles.